The van der Waals surface area contributed by atoms with E-state index in [1.807, 2.05) is 31.2 Å². The first-order chi connectivity index (χ1) is 13.0. The summed E-state index contributed by atoms with van der Waals surface area (Å²) in [4.78, 5) is 26.3. The van der Waals surface area contributed by atoms with Gasteiger partial charge in [-0.25, -0.2) is 4.39 Å². The molecule has 0 radical (unpaired) electrons. The number of carbonyl (C=O) groups is 2. The van der Waals surface area contributed by atoms with E-state index in [2.05, 4.69) is 5.32 Å². The van der Waals surface area contributed by atoms with Gasteiger partial charge >= 0.3 is 0 Å². The Balaban J connectivity index is 1.63. The fraction of sp³-hybridized carbons (Fsp3) is 0.300. The molecule has 2 amide bonds. The second-order valence-corrected chi connectivity index (χ2v) is 6.67. The van der Waals surface area contributed by atoms with Crippen LogP contribution in [0, 0.1) is 11.7 Å². The van der Waals surface area contributed by atoms with Crippen molar-refractivity contribution in [2.45, 2.75) is 19.9 Å². The molecule has 0 spiro atoms. The average Bonchev–Trinajstić information content (AvgIpc) is 3.05. The van der Waals surface area contributed by atoms with E-state index in [0.717, 1.165) is 11.3 Å². The van der Waals surface area contributed by atoms with Crippen molar-refractivity contribution < 1.29 is 18.7 Å². The molecule has 0 bridgehead atoms. The van der Waals surface area contributed by atoms with Gasteiger partial charge in [-0.15, -0.1) is 0 Å². The van der Waals surface area contributed by atoms with Crippen molar-refractivity contribution in [3.8, 4) is 5.75 Å². The summed E-state index contributed by atoms with van der Waals surface area (Å²) in [5.41, 5.74) is 1.36. The molecule has 1 atom stereocenters. The summed E-state index contributed by atoms with van der Waals surface area (Å²) in [6.45, 7) is 2.99. The highest BCUT2D eigenvalue weighted by Crippen LogP contribution is 2.28. The first-order valence-electron chi connectivity index (χ1n) is 8.73. The molecule has 1 aliphatic rings. The molecular weight excluding hydrogens is 371 g/mol. The van der Waals surface area contributed by atoms with E-state index in [4.69, 9.17) is 16.3 Å². The Morgan fingerprint density at radius 3 is 2.85 bits per heavy atom. The van der Waals surface area contributed by atoms with E-state index >= 15 is 0 Å². The predicted octanol–water partition coefficient (Wildman–Crippen LogP) is 3.55. The van der Waals surface area contributed by atoms with E-state index in [1.54, 1.807) is 0 Å². The lowest BCUT2D eigenvalue weighted by atomic mass is 10.1. The van der Waals surface area contributed by atoms with Crippen LogP contribution < -0.4 is 15.0 Å². The molecule has 0 saturated carbocycles. The van der Waals surface area contributed by atoms with Gasteiger partial charge in [0.25, 0.3) is 0 Å². The lowest BCUT2D eigenvalue weighted by Crippen LogP contribution is -2.32. The Labute approximate surface area is 162 Å². The second kappa shape index (κ2) is 8.39. The maximum Gasteiger partial charge on any atom is 0.227 e. The highest BCUT2D eigenvalue weighted by molar-refractivity contribution is 6.31. The third-order valence-corrected chi connectivity index (χ3v) is 4.73. The first kappa shape index (κ1) is 19.2. The minimum Gasteiger partial charge on any atom is -0.494 e. The summed E-state index contributed by atoms with van der Waals surface area (Å²) in [6.07, 6.45) is 0.105. The van der Waals surface area contributed by atoms with Crippen LogP contribution in [-0.4, -0.2) is 25.0 Å². The molecule has 1 aliphatic heterocycles. The Bertz CT molecular complexity index is 859. The van der Waals surface area contributed by atoms with E-state index in [0.29, 0.717) is 18.8 Å². The topological polar surface area (TPSA) is 58.6 Å². The summed E-state index contributed by atoms with van der Waals surface area (Å²) in [7, 11) is 0. The van der Waals surface area contributed by atoms with Gasteiger partial charge in [0, 0.05) is 30.8 Å². The molecule has 0 aromatic heterocycles. The van der Waals surface area contributed by atoms with Crippen molar-refractivity contribution in [2.75, 3.05) is 18.1 Å². The van der Waals surface area contributed by atoms with Gasteiger partial charge in [-0.3, -0.25) is 9.59 Å². The highest BCUT2D eigenvalue weighted by atomic mass is 35.5. The Kier molecular flexibility index (Phi) is 5.96. The van der Waals surface area contributed by atoms with Crippen molar-refractivity contribution in [1.82, 2.24) is 5.32 Å². The van der Waals surface area contributed by atoms with Crippen LogP contribution in [0.5, 0.6) is 5.75 Å². The standard InChI is InChI=1S/C20H20ClFN2O3/c1-2-27-18-6-4-3-5-13(18)11-23-20(26)14-9-19(25)24(12-14)15-7-8-17(22)16(21)10-15/h3-8,10,14H,2,9,11-12H2,1H3,(H,23,26)/t14-/m0/s1. The fourth-order valence-corrected chi connectivity index (χ4v) is 3.23. The predicted molar refractivity (Wildman–Crippen MR) is 101 cm³/mol. The lowest BCUT2D eigenvalue weighted by molar-refractivity contribution is -0.126. The number of ether oxygens (including phenoxy) is 1. The van der Waals surface area contributed by atoms with Gasteiger partial charge in [-0.1, -0.05) is 29.8 Å². The van der Waals surface area contributed by atoms with Gasteiger partial charge in [-0.05, 0) is 31.2 Å². The zero-order valence-corrected chi connectivity index (χ0v) is 15.6. The molecule has 1 saturated heterocycles. The molecule has 3 rings (SSSR count). The smallest absolute Gasteiger partial charge is 0.227 e. The number of halogens is 2. The molecule has 5 nitrogen and oxygen atoms in total. The number of hydrogen-bond donors (Lipinski definition) is 1. The maximum absolute atomic E-state index is 13.3. The number of nitrogens with one attached hydrogen (secondary N) is 1. The third kappa shape index (κ3) is 4.39. The van der Waals surface area contributed by atoms with Gasteiger partial charge in [0.15, 0.2) is 0 Å². The molecule has 1 fully saturated rings. The zero-order valence-electron chi connectivity index (χ0n) is 14.9. The normalized spacial score (nSPS) is 16.5. The number of carbonyl (C=O) groups excluding carboxylic acids is 2. The number of hydrogen-bond acceptors (Lipinski definition) is 3. The maximum atomic E-state index is 13.3. The summed E-state index contributed by atoms with van der Waals surface area (Å²) in [6, 6.07) is 11.6. The van der Waals surface area contributed by atoms with Crippen LogP contribution in [0.3, 0.4) is 0 Å². The van der Waals surface area contributed by atoms with Crippen LogP contribution >= 0.6 is 11.6 Å². The molecule has 1 N–H and O–H groups in total. The Hall–Kier alpha value is -2.60. The molecule has 27 heavy (non-hydrogen) atoms. The Morgan fingerprint density at radius 2 is 2.11 bits per heavy atom. The lowest BCUT2D eigenvalue weighted by Gasteiger charge is -2.17. The number of amides is 2. The largest absolute Gasteiger partial charge is 0.494 e. The van der Waals surface area contributed by atoms with Gasteiger partial charge in [-0.2, -0.15) is 0 Å². The summed E-state index contributed by atoms with van der Waals surface area (Å²) < 4.78 is 18.9. The monoisotopic (exact) mass is 390 g/mol. The Morgan fingerprint density at radius 1 is 1.33 bits per heavy atom. The average molecular weight is 391 g/mol. The van der Waals surface area contributed by atoms with Gasteiger partial charge in [0.2, 0.25) is 11.8 Å². The van der Waals surface area contributed by atoms with E-state index in [-0.39, 0.29) is 29.8 Å². The second-order valence-electron chi connectivity index (χ2n) is 6.26. The number of rotatable bonds is 6. The zero-order chi connectivity index (χ0) is 19.4. The summed E-state index contributed by atoms with van der Waals surface area (Å²) in [5.74, 6) is -0.682. The number of benzene rings is 2. The molecule has 2 aromatic carbocycles. The summed E-state index contributed by atoms with van der Waals surface area (Å²) in [5, 5.41) is 2.81. The van der Waals surface area contributed by atoms with E-state index in [9.17, 15) is 14.0 Å². The van der Waals surface area contributed by atoms with Gasteiger partial charge in [0.05, 0.1) is 17.5 Å². The first-order valence-corrected chi connectivity index (χ1v) is 9.11. The minimum absolute atomic E-state index is 0.0549. The quantitative estimate of drug-likeness (QED) is 0.820. The molecule has 142 valence electrons. The molecule has 7 heteroatoms. The molecule has 0 unspecified atom stereocenters. The van der Waals surface area contributed by atoms with Crippen LogP contribution in [0.15, 0.2) is 42.5 Å². The van der Waals surface area contributed by atoms with Crippen LogP contribution in [-0.2, 0) is 16.1 Å². The van der Waals surface area contributed by atoms with Crippen LogP contribution in [0.25, 0.3) is 0 Å². The SMILES string of the molecule is CCOc1ccccc1CNC(=O)[C@H]1CC(=O)N(c2ccc(F)c(Cl)c2)C1. The third-order valence-electron chi connectivity index (χ3n) is 4.44. The van der Waals surface area contributed by atoms with Crippen molar-refractivity contribution in [2.24, 2.45) is 5.92 Å². The van der Waals surface area contributed by atoms with Crippen LogP contribution in [0.1, 0.15) is 18.9 Å². The number of nitrogens with zero attached hydrogens (tertiary/aromatic N) is 1. The summed E-state index contributed by atoms with van der Waals surface area (Å²) >= 11 is 5.79. The van der Waals surface area contributed by atoms with E-state index in [1.165, 1.54) is 23.1 Å². The minimum atomic E-state index is -0.547. The number of anilines is 1. The van der Waals surface area contributed by atoms with Crippen molar-refractivity contribution in [3.05, 3.63) is 58.9 Å². The molecular formula is C20H20ClFN2O3. The van der Waals surface area contributed by atoms with Crippen molar-refractivity contribution in [3.63, 3.8) is 0 Å². The van der Waals surface area contributed by atoms with Crippen molar-refractivity contribution in [1.29, 1.82) is 0 Å². The fourth-order valence-electron chi connectivity index (χ4n) is 3.06. The van der Waals surface area contributed by atoms with Crippen LogP contribution in [0.4, 0.5) is 10.1 Å². The molecule has 0 aliphatic carbocycles. The molecule has 1 heterocycles. The van der Waals surface area contributed by atoms with Gasteiger partial charge < -0.3 is 15.0 Å². The molecule has 2 aromatic rings. The number of para-hydroxylation sites is 1. The van der Waals surface area contributed by atoms with E-state index < -0.39 is 11.7 Å². The van der Waals surface area contributed by atoms with Crippen molar-refractivity contribution >= 4 is 29.1 Å². The van der Waals surface area contributed by atoms with Crippen LogP contribution in [0.2, 0.25) is 5.02 Å². The highest BCUT2D eigenvalue weighted by Gasteiger charge is 2.35. The van der Waals surface area contributed by atoms with Gasteiger partial charge in [0.1, 0.15) is 11.6 Å².